The quantitative estimate of drug-likeness (QED) is 0.613. The lowest BCUT2D eigenvalue weighted by Crippen LogP contribution is -2.58. The fourth-order valence-corrected chi connectivity index (χ4v) is 6.15. The summed E-state index contributed by atoms with van der Waals surface area (Å²) in [6.07, 6.45) is -4.63. The highest BCUT2D eigenvalue weighted by Crippen LogP contribution is 2.31. The number of alkyl halides is 3. The molecule has 186 valence electrons. The third-order valence-corrected chi connectivity index (χ3v) is 7.90. The van der Waals surface area contributed by atoms with Crippen LogP contribution in [0.25, 0.3) is 0 Å². The van der Waals surface area contributed by atoms with Crippen LogP contribution in [0.1, 0.15) is 31.4 Å². The van der Waals surface area contributed by atoms with Crippen molar-refractivity contribution in [1.82, 2.24) is 4.31 Å². The molecule has 1 aliphatic rings. The summed E-state index contributed by atoms with van der Waals surface area (Å²) < 4.78 is 69.5. The molecule has 0 bridgehead atoms. The summed E-state index contributed by atoms with van der Waals surface area (Å²) in [5.41, 5.74) is 2.16. The van der Waals surface area contributed by atoms with E-state index >= 15 is 0 Å². The van der Waals surface area contributed by atoms with Gasteiger partial charge in [-0.05, 0) is 74.7 Å². The van der Waals surface area contributed by atoms with Gasteiger partial charge in [-0.1, -0.05) is 6.07 Å². The normalized spacial score (nSPS) is 19.8. The molecule has 11 heteroatoms. The van der Waals surface area contributed by atoms with E-state index in [1.54, 1.807) is 26.0 Å². The van der Waals surface area contributed by atoms with Crippen LogP contribution in [0.5, 0.6) is 5.75 Å². The summed E-state index contributed by atoms with van der Waals surface area (Å²) in [4.78, 5) is 13.0. The molecular formula is C23H27F3N2O5S. The smallest absolute Gasteiger partial charge is 0.481 e. The lowest BCUT2D eigenvalue weighted by Gasteiger charge is -2.44. The van der Waals surface area contributed by atoms with E-state index < -0.39 is 34.4 Å². The second-order valence-electron chi connectivity index (χ2n) is 8.46. The molecular weight excluding hydrogens is 473 g/mol. The van der Waals surface area contributed by atoms with Crippen LogP contribution in [0, 0.1) is 6.92 Å². The summed E-state index contributed by atoms with van der Waals surface area (Å²) >= 11 is 0. The number of piperazine rings is 1. The van der Waals surface area contributed by atoms with Gasteiger partial charge in [0.15, 0.2) is 0 Å². The number of sulfonamides is 1. The van der Waals surface area contributed by atoms with Crippen LogP contribution in [-0.4, -0.2) is 55.3 Å². The Hall–Kier alpha value is -2.79. The molecule has 2 unspecified atom stereocenters. The van der Waals surface area contributed by atoms with Crippen LogP contribution in [-0.2, 0) is 21.2 Å². The van der Waals surface area contributed by atoms with Crippen molar-refractivity contribution in [2.75, 3.05) is 18.0 Å². The van der Waals surface area contributed by atoms with Crippen molar-refractivity contribution in [2.45, 2.75) is 57.0 Å². The summed E-state index contributed by atoms with van der Waals surface area (Å²) in [7, 11) is -3.86. The number of nitrogens with zero attached hydrogens (tertiary/aromatic N) is 2. The van der Waals surface area contributed by atoms with Crippen molar-refractivity contribution in [3.8, 4) is 5.75 Å². The Bertz CT molecular complexity index is 1120. The van der Waals surface area contributed by atoms with E-state index in [-0.39, 0.29) is 23.5 Å². The van der Waals surface area contributed by atoms with E-state index in [2.05, 4.69) is 4.74 Å². The molecule has 1 fully saturated rings. The molecule has 0 amide bonds. The van der Waals surface area contributed by atoms with E-state index in [4.69, 9.17) is 5.11 Å². The SMILES string of the molecule is Cc1ccc(S(=O)(=O)N2C(C)CN(c3ccc(OC(F)(F)F)cc3)CC2C)cc1CCC(=O)O. The Kier molecular flexibility index (Phi) is 7.47. The average molecular weight is 501 g/mol. The molecule has 2 aromatic rings. The van der Waals surface area contributed by atoms with Gasteiger partial charge in [0.25, 0.3) is 0 Å². The molecule has 1 N–H and O–H groups in total. The number of carboxylic acids is 1. The topological polar surface area (TPSA) is 87.2 Å². The number of rotatable bonds is 7. The Morgan fingerprint density at radius 2 is 1.68 bits per heavy atom. The maximum absolute atomic E-state index is 13.5. The van der Waals surface area contributed by atoms with Gasteiger partial charge in [0.1, 0.15) is 5.75 Å². The zero-order chi connectivity index (χ0) is 25.3. The van der Waals surface area contributed by atoms with Gasteiger partial charge >= 0.3 is 12.3 Å². The fourth-order valence-electron chi connectivity index (χ4n) is 4.29. The molecule has 34 heavy (non-hydrogen) atoms. The molecule has 2 atom stereocenters. The first-order valence-electron chi connectivity index (χ1n) is 10.7. The van der Waals surface area contributed by atoms with Crippen molar-refractivity contribution < 1.29 is 36.2 Å². The molecule has 1 saturated heterocycles. The van der Waals surface area contributed by atoms with Gasteiger partial charge in [0.05, 0.1) is 4.90 Å². The zero-order valence-electron chi connectivity index (χ0n) is 19.0. The number of hydrogen-bond acceptors (Lipinski definition) is 5. The zero-order valence-corrected chi connectivity index (χ0v) is 19.9. The van der Waals surface area contributed by atoms with Gasteiger partial charge in [-0.25, -0.2) is 8.42 Å². The molecule has 0 spiro atoms. The number of carboxylic acid groups (broad SMARTS) is 1. The maximum atomic E-state index is 13.5. The van der Waals surface area contributed by atoms with Crippen molar-refractivity contribution in [3.05, 3.63) is 53.6 Å². The van der Waals surface area contributed by atoms with Crippen LogP contribution >= 0.6 is 0 Å². The van der Waals surface area contributed by atoms with Gasteiger partial charge in [0, 0.05) is 37.3 Å². The molecule has 7 nitrogen and oxygen atoms in total. The maximum Gasteiger partial charge on any atom is 0.573 e. The number of anilines is 1. The van der Waals surface area contributed by atoms with E-state index in [1.165, 1.54) is 34.6 Å². The molecule has 1 aliphatic heterocycles. The van der Waals surface area contributed by atoms with E-state index in [9.17, 15) is 26.4 Å². The van der Waals surface area contributed by atoms with Gasteiger partial charge in [0.2, 0.25) is 10.0 Å². The first kappa shape index (κ1) is 25.8. The van der Waals surface area contributed by atoms with Crippen LogP contribution in [0.2, 0.25) is 0 Å². The fraction of sp³-hybridized carbons (Fsp3) is 0.435. The number of halogens is 3. The summed E-state index contributed by atoms with van der Waals surface area (Å²) in [5.74, 6) is -1.28. The predicted molar refractivity (Wildman–Crippen MR) is 120 cm³/mol. The number of ether oxygens (including phenoxy) is 1. The van der Waals surface area contributed by atoms with E-state index in [0.29, 0.717) is 24.3 Å². The van der Waals surface area contributed by atoms with Crippen LogP contribution in [0.15, 0.2) is 47.4 Å². The largest absolute Gasteiger partial charge is 0.573 e. The monoisotopic (exact) mass is 500 g/mol. The summed E-state index contributed by atoms with van der Waals surface area (Å²) in [5, 5.41) is 8.96. The minimum atomic E-state index is -4.77. The average Bonchev–Trinajstić information content (AvgIpc) is 2.71. The summed E-state index contributed by atoms with van der Waals surface area (Å²) in [6.45, 7) is 6.06. The first-order chi connectivity index (χ1) is 15.8. The second-order valence-corrected chi connectivity index (χ2v) is 10.3. The molecule has 0 aliphatic carbocycles. The van der Waals surface area contributed by atoms with Crippen molar-refractivity contribution in [3.63, 3.8) is 0 Å². The molecule has 3 rings (SSSR count). The minimum absolute atomic E-state index is 0.0946. The van der Waals surface area contributed by atoms with E-state index in [0.717, 1.165) is 5.56 Å². The molecule has 1 heterocycles. The van der Waals surface area contributed by atoms with E-state index in [1.807, 2.05) is 11.8 Å². The lowest BCUT2D eigenvalue weighted by atomic mass is 10.0. The van der Waals surface area contributed by atoms with Gasteiger partial charge in [-0.3, -0.25) is 4.79 Å². The Morgan fingerprint density at radius 3 is 2.21 bits per heavy atom. The number of hydrogen-bond donors (Lipinski definition) is 1. The van der Waals surface area contributed by atoms with Crippen molar-refractivity contribution in [1.29, 1.82) is 0 Å². The highest BCUT2D eigenvalue weighted by atomic mass is 32.2. The Labute approximate surface area is 196 Å². The third kappa shape index (κ3) is 6.01. The highest BCUT2D eigenvalue weighted by Gasteiger charge is 2.39. The highest BCUT2D eigenvalue weighted by molar-refractivity contribution is 7.89. The van der Waals surface area contributed by atoms with Gasteiger partial charge < -0.3 is 14.7 Å². The molecule has 0 aromatic heterocycles. The number of aliphatic carboxylic acids is 1. The number of benzene rings is 2. The Morgan fingerprint density at radius 1 is 1.09 bits per heavy atom. The van der Waals surface area contributed by atoms with Crippen LogP contribution in [0.4, 0.5) is 18.9 Å². The molecule has 0 radical (unpaired) electrons. The standard InChI is InChI=1S/C23H27F3N2O5S/c1-15-4-10-21(12-18(15)5-11-22(29)30)34(31,32)28-16(2)13-27(14-17(28)3)19-6-8-20(9-7-19)33-23(24,25)26/h4,6-10,12,16-17H,5,11,13-14H2,1-3H3,(H,29,30). The van der Waals surface area contributed by atoms with Crippen LogP contribution in [0.3, 0.4) is 0 Å². The first-order valence-corrected chi connectivity index (χ1v) is 12.2. The molecule has 0 saturated carbocycles. The second kappa shape index (κ2) is 9.83. The molecule has 2 aromatic carbocycles. The van der Waals surface area contributed by atoms with Gasteiger partial charge in [-0.15, -0.1) is 13.2 Å². The van der Waals surface area contributed by atoms with Crippen molar-refractivity contribution in [2.24, 2.45) is 0 Å². The third-order valence-electron chi connectivity index (χ3n) is 5.78. The predicted octanol–water partition coefficient (Wildman–Crippen LogP) is 4.20. The van der Waals surface area contributed by atoms with Crippen molar-refractivity contribution >= 4 is 21.7 Å². The van der Waals surface area contributed by atoms with Gasteiger partial charge in [-0.2, -0.15) is 4.31 Å². The minimum Gasteiger partial charge on any atom is -0.481 e. The lowest BCUT2D eigenvalue weighted by molar-refractivity contribution is -0.274. The summed E-state index contributed by atoms with van der Waals surface area (Å²) in [6, 6.07) is 9.41. The van der Waals surface area contributed by atoms with Crippen LogP contribution < -0.4 is 9.64 Å². The number of aryl methyl sites for hydroxylation is 2. The Balaban J connectivity index is 1.78. The number of carbonyl (C=O) groups is 1.